The van der Waals surface area contributed by atoms with E-state index in [1.54, 1.807) is 0 Å². The fraction of sp³-hybridized carbons (Fsp3) is 1.00. The zero-order valence-electron chi connectivity index (χ0n) is 9.17. The molecule has 0 spiro atoms. The van der Waals surface area contributed by atoms with Crippen molar-refractivity contribution in [2.45, 2.75) is 39.3 Å². The van der Waals surface area contributed by atoms with Crippen LogP contribution in [0, 0.1) is 5.41 Å². The standard InChI is InChI=1S/C10H20N2O2/c1-10(2,3)9-11-6-7-8(12-9)14-5-4-13-7/h7-9,11-12H,4-6H2,1-3H3. The summed E-state index contributed by atoms with van der Waals surface area (Å²) < 4.78 is 11.2. The van der Waals surface area contributed by atoms with E-state index in [4.69, 9.17) is 9.47 Å². The lowest BCUT2D eigenvalue weighted by molar-refractivity contribution is -0.172. The van der Waals surface area contributed by atoms with Crippen LogP contribution >= 0.6 is 0 Å². The van der Waals surface area contributed by atoms with Gasteiger partial charge in [0.2, 0.25) is 0 Å². The maximum atomic E-state index is 5.63. The van der Waals surface area contributed by atoms with Gasteiger partial charge in [0, 0.05) is 6.54 Å². The summed E-state index contributed by atoms with van der Waals surface area (Å²) in [5, 5.41) is 6.88. The van der Waals surface area contributed by atoms with Gasteiger partial charge in [0.1, 0.15) is 12.3 Å². The van der Waals surface area contributed by atoms with Gasteiger partial charge >= 0.3 is 0 Å². The largest absolute Gasteiger partial charge is 0.370 e. The Bertz CT molecular complexity index is 203. The van der Waals surface area contributed by atoms with Gasteiger partial charge in [-0.3, -0.25) is 10.6 Å². The Morgan fingerprint density at radius 1 is 1.14 bits per heavy atom. The molecule has 2 aliphatic heterocycles. The van der Waals surface area contributed by atoms with Gasteiger partial charge < -0.3 is 9.47 Å². The SMILES string of the molecule is CC(C)(C)C1NCC2OCCOC2N1. The van der Waals surface area contributed by atoms with E-state index >= 15 is 0 Å². The molecule has 0 bridgehead atoms. The Morgan fingerprint density at radius 2 is 1.86 bits per heavy atom. The van der Waals surface area contributed by atoms with Crippen molar-refractivity contribution in [3.8, 4) is 0 Å². The Labute approximate surface area is 85.3 Å². The van der Waals surface area contributed by atoms with Gasteiger partial charge in [0.15, 0.2) is 0 Å². The third kappa shape index (κ3) is 2.08. The van der Waals surface area contributed by atoms with Crippen LogP contribution < -0.4 is 10.6 Å². The van der Waals surface area contributed by atoms with Crippen molar-refractivity contribution >= 4 is 0 Å². The second-order valence-corrected chi connectivity index (χ2v) is 5.07. The molecular weight excluding hydrogens is 180 g/mol. The van der Waals surface area contributed by atoms with Crippen LogP contribution in [0.4, 0.5) is 0 Å². The molecule has 2 aliphatic rings. The molecule has 0 amide bonds. The second-order valence-electron chi connectivity index (χ2n) is 5.07. The van der Waals surface area contributed by atoms with E-state index in [-0.39, 0.29) is 17.7 Å². The Kier molecular flexibility index (Phi) is 2.79. The summed E-state index contributed by atoms with van der Waals surface area (Å²) in [4.78, 5) is 0. The van der Waals surface area contributed by atoms with E-state index < -0.39 is 0 Å². The first kappa shape index (κ1) is 10.4. The molecule has 82 valence electrons. The van der Waals surface area contributed by atoms with E-state index in [9.17, 15) is 0 Å². The minimum absolute atomic E-state index is 0.0641. The lowest BCUT2D eigenvalue weighted by Crippen LogP contribution is -2.67. The molecule has 2 N–H and O–H groups in total. The van der Waals surface area contributed by atoms with Crippen molar-refractivity contribution in [1.82, 2.24) is 10.6 Å². The number of hydrogen-bond donors (Lipinski definition) is 2. The number of ether oxygens (including phenoxy) is 2. The molecule has 2 saturated heterocycles. The predicted molar refractivity (Wildman–Crippen MR) is 53.9 cm³/mol. The van der Waals surface area contributed by atoms with Crippen LogP contribution in [0.15, 0.2) is 0 Å². The quantitative estimate of drug-likeness (QED) is 0.590. The molecule has 4 heteroatoms. The van der Waals surface area contributed by atoms with Crippen LogP contribution in [-0.4, -0.2) is 38.3 Å². The van der Waals surface area contributed by atoms with Gasteiger partial charge in [-0.2, -0.15) is 0 Å². The monoisotopic (exact) mass is 200 g/mol. The first-order chi connectivity index (χ1) is 6.57. The normalized spacial score (nSPS) is 39.2. The highest BCUT2D eigenvalue weighted by Gasteiger charge is 2.37. The summed E-state index contributed by atoms with van der Waals surface area (Å²) in [6.07, 6.45) is 0.530. The summed E-state index contributed by atoms with van der Waals surface area (Å²) in [6, 6.07) is 0. The van der Waals surface area contributed by atoms with Crippen molar-refractivity contribution in [3.05, 3.63) is 0 Å². The van der Waals surface area contributed by atoms with Crippen molar-refractivity contribution in [2.75, 3.05) is 19.8 Å². The fourth-order valence-corrected chi connectivity index (χ4v) is 1.90. The smallest absolute Gasteiger partial charge is 0.137 e. The minimum Gasteiger partial charge on any atom is -0.370 e. The van der Waals surface area contributed by atoms with E-state index in [0.717, 1.165) is 6.54 Å². The highest BCUT2D eigenvalue weighted by molar-refractivity contribution is 4.89. The van der Waals surface area contributed by atoms with E-state index in [1.807, 2.05) is 0 Å². The molecule has 14 heavy (non-hydrogen) atoms. The van der Waals surface area contributed by atoms with Crippen LogP contribution in [0.1, 0.15) is 20.8 Å². The third-order valence-electron chi connectivity index (χ3n) is 2.77. The van der Waals surface area contributed by atoms with Gasteiger partial charge in [-0.25, -0.2) is 0 Å². The molecule has 2 rings (SSSR count). The van der Waals surface area contributed by atoms with Gasteiger partial charge in [0.25, 0.3) is 0 Å². The summed E-state index contributed by atoms with van der Waals surface area (Å²) in [7, 11) is 0. The van der Waals surface area contributed by atoms with E-state index in [0.29, 0.717) is 19.4 Å². The van der Waals surface area contributed by atoms with Crippen molar-refractivity contribution < 1.29 is 9.47 Å². The topological polar surface area (TPSA) is 42.5 Å². The maximum Gasteiger partial charge on any atom is 0.137 e. The molecule has 0 aromatic heterocycles. The minimum atomic E-state index is 0.0641. The van der Waals surface area contributed by atoms with Crippen LogP contribution in [-0.2, 0) is 9.47 Å². The first-order valence-corrected chi connectivity index (χ1v) is 5.30. The first-order valence-electron chi connectivity index (χ1n) is 5.30. The molecule has 3 atom stereocenters. The molecule has 2 fully saturated rings. The second kappa shape index (κ2) is 3.77. The van der Waals surface area contributed by atoms with Crippen LogP contribution in [0.5, 0.6) is 0 Å². The summed E-state index contributed by atoms with van der Waals surface area (Å²) >= 11 is 0. The molecule has 0 radical (unpaired) electrons. The van der Waals surface area contributed by atoms with Gasteiger partial charge in [-0.05, 0) is 5.41 Å². The molecule has 0 aliphatic carbocycles. The summed E-state index contributed by atoms with van der Waals surface area (Å²) in [6.45, 7) is 8.92. The highest BCUT2D eigenvalue weighted by atomic mass is 16.6. The Hall–Kier alpha value is -0.160. The lowest BCUT2D eigenvalue weighted by atomic mass is 9.90. The number of hydrogen-bond acceptors (Lipinski definition) is 4. The maximum absolute atomic E-state index is 5.63. The average Bonchev–Trinajstić information content (AvgIpc) is 2.16. The molecule has 0 aromatic carbocycles. The summed E-state index contributed by atoms with van der Waals surface area (Å²) in [5.41, 5.74) is 0.200. The van der Waals surface area contributed by atoms with Crippen LogP contribution in [0.3, 0.4) is 0 Å². The van der Waals surface area contributed by atoms with Crippen LogP contribution in [0.25, 0.3) is 0 Å². The van der Waals surface area contributed by atoms with E-state index in [2.05, 4.69) is 31.4 Å². The molecule has 0 saturated carbocycles. The highest BCUT2D eigenvalue weighted by Crippen LogP contribution is 2.22. The molecular formula is C10H20N2O2. The Balaban J connectivity index is 1.96. The lowest BCUT2D eigenvalue weighted by Gasteiger charge is -2.44. The molecule has 4 nitrogen and oxygen atoms in total. The van der Waals surface area contributed by atoms with Gasteiger partial charge in [-0.1, -0.05) is 20.8 Å². The number of rotatable bonds is 0. The Morgan fingerprint density at radius 3 is 2.57 bits per heavy atom. The zero-order valence-corrected chi connectivity index (χ0v) is 9.17. The molecule has 3 unspecified atom stereocenters. The zero-order chi connectivity index (χ0) is 10.2. The molecule has 0 aromatic rings. The predicted octanol–water partition coefficient (Wildman–Crippen LogP) is 0.293. The summed E-state index contributed by atoms with van der Waals surface area (Å²) in [5.74, 6) is 0. The number of fused-ring (bicyclic) bond motifs is 1. The van der Waals surface area contributed by atoms with Crippen molar-refractivity contribution in [2.24, 2.45) is 5.41 Å². The number of nitrogens with one attached hydrogen (secondary N) is 2. The van der Waals surface area contributed by atoms with E-state index in [1.165, 1.54) is 0 Å². The van der Waals surface area contributed by atoms with Crippen molar-refractivity contribution in [3.63, 3.8) is 0 Å². The van der Waals surface area contributed by atoms with Crippen LogP contribution in [0.2, 0.25) is 0 Å². The van der Waals surface area contributed by atoms with Crippen molar-refractivity contribution in [1.29, 1.82) is 0 Å². The third-order valence-corrected chi connectivity index (χ3v) is 2.77. The fourth-order valence-electron chi connectivity index (χ4n) is 1.90. The molecule has 2 heterocycles. The average molecular weight is 200 g/mol. The van der Waals surface area contributed by atoms with Gasteiger partial charge in [0.05, 0.1) is 19.4 Å². The van der Waals surface area contributed by atoms with Gasteiger partial charge in [-0.15, -0.1) is 0 Å².